The molecule has 0 aromatic carbocycles. The van der Waals surface area contributed by atoms with Crippen molar-refractivity contribution in [2.75, 3.05) is 13.1 Å². The van der Waals surface area contributed by atoms with E-state index < -0.39 is 0 Å². The summed E-state index contributed by atoms with van der Waals surface area (Å²) in [6.45, 7) is 4.60. The molecule has 1 saturated heterocycles. The van der Waals surface area contributed by atoms with Crippen molar-refractivity contribution in [2.24, 2.45) is 0 Å². The first kappa shape index (κ1) is 14.9. The van der Waals surface area contributed by atoms with Crippen molar-refractivity contribution in [3.05, 3.63) is 12.4 Å². The smallest absolute Gasteiger partial charge is 0.159 e. The largest absolute Gasteiger partial charge is 0.472 e. The molecule has 4 heteroatoms. The van der Waals surface area contributed by atoms with Gasteiger partial charge in [0.1, 0.15) is 0 Å². The predicted molar refractivity (Wildman–Crippen MR) is 84.5 cm³/mol. The van der Waals surface area contributed by atoms with Gasteiger partial charge in [0.15, 0.2) is 12.0 Å². The Kier molecular flexibility index (Phi) is 5.17. The zero-order valence-corrected chi connectivity index (χ0v) is 13.3. The van der Waals surface area contributed by atoms with Crippen molar-refractivity contribution in [3.8, 4) is 5.75 Å². The Balaban J connectivity index is 1.61. The fourth-order valence-electron chi connectivity index (χ4n) is 3.68. The van der Waals surface area contributed by atoms with Crippen molar-refractivity contribution in [1.82, 2.24) is 14.7 Å². The molecule has 1 saturated carbocycles. The highest BCUT2D eigenvalue weighted by atomic mass is 16.5. The summed E-state index contributed by atoms with van der Waals surface area (Å²) in [5.74, 6) is 0.950. The summed E-state index contributed by atoms with van der Waals surface area (Å²) in [5.41, 5.74) is 0. The molecule has 0 radical (unpaired) electrons. The molecule has 118 valence electrons. The van der Waals surface area contributed by atoms with Gasteiger partial charge in [-0.3, -0.25) is 9.58 Å². The van der Waals surface area contributed by atoms with Gasteiger partial charge in [0.25, 0.3) is 0 Å². The summed E-state index contributed by atoms with van der Waals surface area (Å²) in [6.07, 6.45) is 15.8. The van der Waals surface area contributed by atoms with Gasteiger partial charge < -0.3 is 4.74 Å². The van der Waals surface area contributed by atoms with Crippen LogP contribution in [0.1, 0.15) is 70.8 Å². The van der Waals surface area contributed by atoms with Gasteiger partial charge >= 0.3 is 0 Å². The average Bonchev–Trinajstić information content (AvgIpc) is 3.19. The highest BCUT2D eigenvalue weighted by molar-refractivity contribution is 5.13. The summed E-state index contributed by atoms with van der Waals surface area (Å²) in [7, 11) is 0. The number of nitrogens with zero attached hydrogens (tertiary/aromatic N) is 3. The standard InChI is InChI=1S/C17H29N3O/c1-2-8-17(19-11-6-7-12-19)21-16-13-18-20(14-16)15-9-4-3-5-10-15/h13-15,17H,2-12H2,1H3. The van der Waals surface area contributed by atoms with Crippen LogP contribution in [-0.2, 0) is 0 Å². The second-order valence-corrected chi connectivity index (χ2v) is 6.55. The van der Waals surface area contributed by atoms with E-state index in [0.717, 1.165) is 18.6 Å². The van der Waals surface area contributed by atoms with Gasteiger partial charge in [-0.2, -0.15) is 5.10 Å². The van der Waals surface area contributed by atoms with Crippen LogP contribution in [0.5, 0.6) is 5.75 Å². The van der Waals surface area contributed by atoms with E-state index in [9.17, 15) is 0 Å². The molecule has 0 amide bonds. The van der Waals surface area contributed by atoms with E-state index >= 15 is 0 Å². The first-order valence-electron chi connectivity index (χ1n) is 8.81. The van der Waals surface area contributed by atoms with Gasteiger partial charge in [-0.05, 0) is 32.1 Å². The van der Waals surface area contributed by atoms with Gasteiger partial charge in [-0.1, -0.05) is 32.6 Å². The van der Waals surface area contributed by atoms with Gasteiger partial charge in [-0.25, -0.2) is 0 Å². The van der Waals surface area contributed by atoms with Crippen LogP contribution in [0.3, 0.4) is 0 Å². The summed E-state index contributed by atoms with van der Waals surface area (Å²) in [6, 6.07) is 0.590. The quantitative estimate of drug-likeness (QED) is 0.794. The van der Waals surface area contributed by atoms with Crippen molar-refractivity contribution in [1.29, 1.82) is 0 Å². The summed E-state index contributed by atoms with van der Waals surface area (Å²) in [5, 5.41) is 4.55. The number of hydrogen-bond donors (Lipinski definition) is 0. The molecule has 1 unspecified atom stereocenters. The molecule has 1 aliphatic heterocycles. The molecule has 3 rings (SSSR count). The van der Waals surface area contributed by atoms with E-state index in [4.69, 9.17) is 4.74 Å². The Morgan fingerprint density at radius 2 is 1.95 bits per heavy atom. The second-order valence-electron chi connectivity index (χ2n) is 6.55. The fourth-order valence-corrected chi connectivity index (χ4v) is 3.68. The third kappa shape index (κ3) is 3.79. The van der Waals surface area contributed by atoms with Gasteiger partial charge in [-0.15, -0.1) is 0 Å². The predicted octanol–water partition coefficient (Wildman–Crippen LogP) is 3.99. The van der Waals surface area contributed by atoms with E-state index in [2.05, 4.69) is 27.8 Å². The minimum absolute atomic E-state index is 0.238. The van der Waals surface area contributed by atoms with Gasteiger partial charge in [0.2, 0.25) is 0 Å². The molecule has 1 atom stereocenters. The highest BCUT2D eigenvalue weighted by Gasteiger charge is 2.23. The molecule has 2 aliphatic rings. The molecule has 2 fully saturated rings. The van der Waals surface area contributed by atoms with Crippen LogP contribution in [0.2, 0.25) is 0 Å². The second kappa shape index (κ2) is 7.30. The molecule has 1 aromatic rings. The number of rotatable bonds is 6. The minimum atomic E-state index is 0.238. The Labute approximate surface area is 128 Å². The Bertz CT molecular complexity index is 419. The van der Waals surface area contributed by atoms with Crippen LogP contribution < -0.4 is 4.74 Å². The average molecular weight is 291 g/mol. The molecule has 0 bridgehead atoms. The third-order valence-corrected chi connectivity index (χ3v) is 4.88. The number of hydrogen-bond acceptors (Lipinski definition) is 3. The van der Waals surface area contributed by atoms with E-state index in [1.807, 2.05) is 6.20 Å². The molecule has 1 aliphatic carbocycles. The van der Waals surface area contributed by atoms with Crippen LogP contribution in [0, 0.1) is 0 Å². The minimum Gasteiger partial charge on any atom is -0.472 e. The zero-order chi connectivity index (χ0) is 14.5. The number of aromatic nitrogens is 2. The zero-order valence-electron chi connectivity index (χ0n) is 13.3. The first-order chi connectivity index (χ1) is 10.4. The maximum atomic E-state index is 6.25. The Morgan fingerprint density at radius 3 is 2.67 bits per heavy atom. The van der Waals surface area contributed by atoms with Crippen LogP contribution in [-0.4, -0.2) is 34.0 Å². The maximum absolute atomic E-state index is 6.25. The number of ether oxygens (including phenoxy) is 1. The van der Waals surface area contributed by atoms with E-state index in [-0.39, 0.29) is 6.23 Å². The lowest BCUT2D eigenvalue weighted by Gasteiger charge is -2.27. The van der Waals surface area contributed by atoms with Crippen molar-refractivity contribution < 1.29 is 4.74 Å². The maximum Gasteiger partial charge on any atom is 0.159 e. The van der Waals surface area contributed by atoms with Gasteiger partial charge in [0.05, 0.1) is 18.4 Å². The molecular formula is C17H29N3O. The number of likely N-dealkylation sites (tertiary alicyclic amines) is 1. The normalized spacial score (nSPS) is 22.5. The van der Waals surface area contributed by atoms with Crippen molar-refractivity contribution >= 4 is 0 Å². The molecule has 1 aromatic heterocycles. The summed E-state index contributed by atoms with van der Waals surface area (Å²) in [4.78, 5) is 2.49. The Morgan fingerprint density at radius 1 is 1.19 bits per heavy atom. The lowest BCUT2D eigenvalue weighted by molar-refractivity contribution is 0.0355. The fraction of sp³-hybridized carbons (Fsp3) is 0.824. The molecule has 0 spiro atoms. The lowest BCUT2D eigenvalue weighted by atomic mass is 9.96. The Hall–Kier alpha value is -1.03. The SMILES string of the molecule is CCCC(Oc1cnn(C2CCCCC2)c1)N1CCCC1. The third-order valence-electron chi connectivity index (χ3n) is 4.88. The van der Waals surface area contributed by atoms with Crippen LogP contribution in [0.15, 0.2) is 12.4 Å². The monoisotopic (exact) mass is 291 g/mol. The highest BCUT2D eigenvalue weighted by Crippen LogP contribution is 2.29. The molecule has 2 heterocycles. The summed E-state index contributed by atoms with van der Waals surface area (Å²) >= 11 is 0. The molecule has 21 heavy (non-hydrogen) atoms. The van der Waals surface area contributed by atoms with Crippen molar-refractivity contribution in [3.63, 3.8) is 0 Å². The molecular weight excluding hydrogens is 262 g/mol. The molecule has 0 N–H and O–H groups in total. The van der Waals surface area contributed by atoms with E-state index in [1.54, 1.807) is 0 Å². The molecule has 4 nitrogen and oxygen atoms in total. The topological polar surface area (TPSA) is 30.3 Å². The van der Waals surface area contributed by atoms with Crippen LogP contribution in [0.25, 0.3) is 0 Å². The van der Waals surface area contributed by atoms with Gasteiger partial charge in [0, 0.05) is 13.1 Å². The lowest BCUT2D eigenvalue weighted by Crippen LogP contribution is -2.37. The summed E-state index contributed by atoms with van der Waals surface area (Å²) < 4.78 is 8.39. The van der Waals surface area contributed by atoms with E-state index in [1.165, 1.54) is 58.0 Å². The van der Waals surface area contributed by atoms with Crippen LogP contribution >= 0.6 is 0 Å². The van der Waals surface area contributed by atoms with E-state index in [0.29, 0.717) is 6.04 Å². The van der Waals surface area contributed by atoms with Crippen molar-refractivity contribution in [2.45, 2.75) is 77.0 Å². The first-order valence-corrected chi connectivity index (χ1v) is 8.81. The van der Waals surface area contributed by atoms with Crippen LogP contribution in [0.4, 0.5) is 0 Å².